The first-order valence-corrected chi connectivity index (χ1v) is 5.83. The number of ether oxygens (including phenoxy) is 1. The Bertz CT molecular complexity index is 342. The topological polar surface area (TPSA) is 48.1 Å². The number of rotatable bonds is 5. The van der Waals surface area contributed by atoms with Gasteiger partial charge in [0, 0.05) is 25.0 Å². The van der Waals surface area contributed by atoms with Gasteiger partial charge in [-0.05, 0) is 38.8 Å². The summed E-state index contributed by atoms with van der Waals surface area (Å²) < 4.78 is 5.62. The van der Waals surface area contributed by atoms with E-state index in [9.17, 15) is 0 Å². The van der Waals surface area contributed by atoms with Crippen LogP contribution in [0, 0.1) is 0 Å². The third-order valence-corrected chi connectivity index (χ3v) is 3.05. The number of pyridine rings is 1. The maximum absolute atomic E-state index is 6.13. The SMILES string of the molecule is CCOC(C)(C)C(N)Cc1ccncc1Cl. The summed E-state index contributed by atoms with van der Waals surface area (Å²) in [7, 11) is 0. The van der Waals surface area contributed by atoms with Gasteiger partial charge in [0.25, 0.3) is 0 Å². The standard InChI is InChI=1S/C12H19ClN2O/c1-4-16-12(2,3)11(14)7-9-5-6-15-8-10(9)13/h5-6,8,11H,4,7,14H2,1-3H3. The first kappa shape index (κ1) is 13.4. The first-order valence-electron chi connectivity index (χ1n) is 5.45. The molecular weight excluding hydrogens is 224 g/mol. The highest BCUT2D eigenvalue weighted by Crippen LogP contribution is 2.21. The number of hydrogen-bond acceptors (Lipinski definition) is 3. The molecule has 0 bridgehead atoms. The van der Waals surface area contributed by atoms with E-state index in [0.717, 1.165) is 5.56 Å². The van der Waals surface area contributed by atoms with Gasteiger partial charge in [0.15, 0.2) is 0 Å². The second-order valence-electron chi connectivity index (χ2n) is 4.31. The molecule has 0 aliphatic heterocycles. The monoisotopic (exact) mass is 242 g/mol. The number of nitrogens with zero attached hydrogens (tertiary/aromatic N) is 1. The lowest BCUT2D eigenvalue weighted by molar-refractivity contribution is -0.0288. The van der Waals surface area contributed by atoms with Gasteiger partial charge in [-0.2, -0.15) is 0 Å². The Labute approximate surface area is 102 Å². The molecule has 4 heteroatoms. The van der Waals surface area contributed by atoms with Gasteiger partial charge in [-0.3, -0.25) is 4.98 Å². The highest BCUT2D eigenvalue weighted by Gasteiger charge is 2.27. The van der Waals surface area contributed by atoms with Gasteiger partial charge < -0.3 is 10.5 Å². The van der Waals surface area contributed by atoms with E-state index in [-0.39, 0.29) is 11.6 Å². The number of nitrogens with two attached hydrogens (primary N) is 1. The molecule has 3 nitrogen and oxygen atoms in total. The zero-order valence-electron chi connectivity index (χ0n) is 10.0. The quantitative estimate of drug-likeness (QED) is 0.863. The van der Waals surface area contributed by atoms with Gasteiger partial charge >= 0.3 is 0 Å². The van der Waals surface area contributed by atoms with Crippen LogP contribution in [0.5, 0.6) is 0 Å². The molecule has 0 spiro atoms. The summed E-state index contributed by atoms with van der Waals surface area (Å²) in [5.41, 5.74) is 6.80. The summed E-state index contributed by atoms with van der Waals surface area (Å²) >= 11 is 6.04. The summed E-state index contributed by atoms with van der Waals surface area (Å²) in [5, 5.41) is 0.658. The molecule has 0 aromatic carbocycles. The molecule has 0 aliphatic carbocycles. The zero-order valence-corrected chi connectivity index (χ0v) is 10.8. The predicted molar refractivity (Wildman–Crippen MR) is 66.6 cm³/mol. The normalized spacial score (nSPS) is 13.8. The Morgan fingerprint density at radius 3 is 2.81 bits per heavy atom. The Morgan fingerprint density at radius 2 is 2.25 bits per heavy atom. The minimum atomic E-state index is -0.346. The van der Waals surface area contributed by atoms with Gasteiger partial charge in [-0.1, -0.05) is 11.6 Å². The van der Waals surface area contributed by atoms with E-state index in [0.29, 0.717) is 18.1 Å². The van der Waals surface area contributed by atoms with E-state index in [1.54, 1.807) is 12.4 Å². The molecule has 1 aromatic rings. The van der Waals surface area contributed by atoms with Gasteiger partial charge in [0.05, 0.1) is 10.6 Å². The van der Waals surface area contributed by atoms with Crippen molar-refractivity contribution in [3.63, 3.8) is 0 Å². The average Bonchev–Trinajstić information content (AvgIpc) is 2.21. The molecule has 1 aromatic heterocycles. The molecule has 0 saturated carbocycles. The van der Waals surface area contributed by atoms with E-state index in [1.165, 1.54) is 0 Å². The molecule has 0 amide bonds. The van der Waals surface area contributed by atoms with Crippen molar-refractivity contribution in [1.82, 2.24) is 4.98 Å². The largest absolute Gasteiger partial charge is 0.374 e. The third kappa shape index (κ3) is 3.44. The molecule has 0 saturated heterocycles. The smallest absolute Gasteiger partial charge is 0.0779 e. The fourth-order valence-electron chi connectivity index (χ4n) is 1.53. The van der Waals surface area contributed by atoms with Crippen LogP contribution in [0.25, 0.3) is 0 Å². The molecule has 2 N–H and O–H groups in total. The van der Waals surface area contributed by atoms with Gasteiger partial charge in [-0.15, -0.1) is 0 Å². The molecule has 1 heterocycles. The van der Waals surface area contributed by atoms with Crippen molar-refractivity contribution in [3.05, 3.63) is 29.0 Å². The molecule has 90 valence electrons. The maximum Gasteiger partial charge on any atom is 0.0779 e. The van der Waals surface area contributed by atoms with Crippen molar-refractivity contribution in [3.8, 4) is 0 Å². The summed E-state index contributed by atoms with van der Waals surface area (Å²) in [6.45, 7) is 6.62. The first-order chi connectivity index (χ1) is 7.47. The minimum absolute atomic E-state index is 0.0904. The van der Waals surface area contributed by atoms with Crippen molar-refractivity contribution in [2.75, 3.05) is 6.61 Å². The summed E-state index contributed by atoms with van der Waals surface area (Å²) in [5.74, 6) is 0. The fraction of sp³-hybridized carbons (Fsp3) is 0.583. The second kappa shape index (κ2) is 5.62. The van der Waals surface area contributed by atoms with E-state index in [1.807, 2.05) is 26.8 Å². The van der Waals surface area contributed by atoms with Crippen LogP contribution in [0.2, 0.25) is 5.02 Å². The average molecular weight is 243 g/mol. The molecular formula is C12H19ClN2O. The summed E-state index contributed by atoms with van der Waals surface area (Å²) in [6.07, 6.45) is 4.05. The molecule has 1 atom stereocenters. The van der Waals surface area contributed by atoms with Crippen molar-refractivity contribution >= 4 is 11.6 Å². The Kier molecular flexibility index (Phi) is 4.71. The molecule has 1 rings (SSSR count). The third-order valence-electron chi connectivity index (χ3n) is 2.71. The Morgan fingerprint density at radius 1 is 1.56 bits per heavy atom. The highest BCUT2D eigenvalue weighted by atomic mass is 35.5. The van der Waals surface area contributed by atoms with Crippen LogP contribution in [0.15, 0.2) is 18.5 Å². The number of aromatic nitrogens is 1. The van der Waals surface area contributed by atoms with Crippen LogP contribution < -0.4 is 5.73 Å². The van der Waals surface area contributed by atoms with Gasteiger partial charge in [0.2, 0.25) is 0 Å². The number of halogens is 1. The van der Waals surface area contributed by atoms with Gasteiger partial charge in [0.1, 0.15) is 0 Å². The summed E-state index contributed by atoms with van der Waals surface area (Å²) in [6, 6.07) is 1.80. The fourth-order valence-corrected chi connectivity index (χ4v) is 1.73. The van der Waals surface area contributed by atoms with Crippen molar-refractivity contribution in [1.29, 1.82) is 0 Å². The Balaban J connectivity index is 2.71. The van der Waals surface area contributed by atoms with Gasteiger partial charge in [-0.25, -0.2) is 0 Å². The van der Waals surface area contributed by atoms with Crippen molar-refractivity contribution in [2.45, 2.75) is 38.8 Å². The Hall–Kier alpha value is -0.640. The lowest BCUT2D eigenvalue weighted by Gasteiger charge is -2.31. The molecule has 0 aliphatic rings. The van der Waals surface area contributed by atoms with E-state index < -0.39 is 0 Å². The van der Waals surface area contributed by atoms with Crippen molar-refractivity contribution in [2.24, 2.45) is 5.73 Å². The second-order valence-corrected chi connectivity index (χ2v) is 4.72. The van der Waals surface area contributed by atoms with E-state index >= 15 is 0 Å². The van der Waals surface area contributed by atoms with E-state index in [2.05, 4.69) is 4.98 Å². The van der Waals surface area contributed by atoms with Crippen LogP contribution in [0.4, 0.5) is 0 Å². The maximum atomic E-state index is 6.13. The van der Waals surface area contributed by atoms with Crippen LogP contribution in [-0.2, 0) is 11.2 Å². The van der Waals surface area contributed by atoms with Crippen molar-refractivity contribution < 1.29 is 4.74 Å². The lowest BCUT2D eigenvalue weighted by Crippen LogP contribution is -2.46. The molecule has 0 radical (unpaired) electrons. The van der Waals surface area contributed by atoms with Crippen LogP contribution in [-0.4, -0.2) is 23.2 Å². The van der Waals surface area contributed by atoms with E-state index in [4.69, 9.17) is 22.1 Å². The number of hydrogen-bond donors (Lipinski definition) is 1. The molecule has 16 heavy (non-hydrogen) atoms. The molecule has 1 unspecified atom stereocenters. The molecule has 0 fully saturated rings. The summed E-state index contributed by atoms with van der Waals surface area (Å²) in [4.78, 5) is 3.95. The minimum Gasteiger partial charge on any atom is -0.374 e. The lowest BCUT2D eigenvalue weighted by atomic mass is 9.93. The van der Waals surface area contributed by atoms with Crippen LogP contribution in [0.1, 0.15) is 26.3 Å². The predicted octanol–water partition coefficient (Wildman–Crippen LogP) is 2.42. The zero-order chi connectivity index (χ0) is 12.2. The van der Waals surface area contributed by atoms with Crippen LogP contribution in [0.3, 0.4) is 0 Å². The van der Waals surface area contributed by atoms with Crippen LogP contribution >= 0.6 is 11.6 Å². The highest BCUT2D eigenvalue weighted by molar-refractivity contribution is 6.31.